The van der Waals surface area contributed by atoms with Crippen LogP contribution in [0.4, 0.5) is 0 Å². The molecule has 3 nitrogen and oxygen atoms in total. The van der Waals surface area contributed by atoms with E-state index >= 15 is 0 Å². The van der Waals surface area contributed by atoms with Crippen LogP contribution in [0.3, 0.4) is 0 Å². The average Bonchev–Trinajstić information content (AvgIpc) is 2.46. The lowest BCUT2D eigenvalue weighted by Gasteiger charge is -2.13. The predicted octanol–water partition coefficient (Wildman–Crippen LogP) is 1.10. The van der Waals surface area contributed by atoms with Gasteiger partial charge in [-0.15, -0.1) is 0 Å². The Morgan fingerprint density at radius 3 is 2.83 bits per heavy atom. The van der Waals surface area contributed by atoms with Gasteiger partial charge in [-0.1, -0.05) is 18.2 Å². The Kier molecular flexibility index (Phi) is 1.50. The molecule has 0 aromatic heterocycles. The van der Waals surface area contributed by atoms with Crippen molar-refractivity contribution < 1.29 is 14.6 Å². The highest BCUT2D eigenvalue weighted by Gasteiger charge is 2.29. The van der Waals surface area contributed by atoms with Gasteiger partial charge in [0, 0.05) is 5.92 Å². The molecule has 0 radical (unpaired) electrons. The summed E-state index contributed by atoms with van der Waals surface area (Å²) in [6.07, 6.45) is 9.07. The number of carboxylic acids is 1. The highest BCUT2D eigenvalue weighted by atomic mass is 16.5. The Balaban J connectivity index is 2.21. The lowest BCUT2D eigenvalue weighted by molar-refractivity contribution is -0.136. The zero-order valence-electron chi connectivity index (χ0n) is 6.31. The number of allylic oxidation sites excluding steroid dienone is 2. The Hall–Kier alpha value is -1.51. The second-order valence-electron chi connectivity index (χ2n) is 2.77. The first kappa shape index (κ1) is 7.16. The molecular weight excluding hydrogens is 156 g/mol. The van der Waals surface area contributed by atoms with Crippen LogP contribution in [0.15, 0.2) is 36.1 Å². The van der Waals surface area contributed by atoms with Crippen LogP contribution in [0.2, 0.25) is 0 Å². The summed E-state index contributed by atoms with van der Waals surface area (Å²) in [4.78, 5) is 10.5. The number of carbonyl (C=O) groups is 1. The molecule has 2 unspecified atom stereocenters. The van der Waals surface area contributed by atoms with Crippen LogP contribution in [0.5, 0.6) is 0 Å². The summed E-state index contributed by atoms with van der Waals surface area (Å²) in [5, 5.41) is 8.62. The number of fused-ring (bicyclic) bond motifs is 1. The zero-order valence-corrected chi connectivity index (χ0v) is 6.31. The van der Waals surface area contributed by atoms with Gasteiger partial charge in [-0.2, -0.15) is 0 Å². The highest BCUT2D eigenvalue weighted by Crippen LogP contribution is 2.27. The monoisotopic (exact) mass is 164 g/mol. The molecule has 3 heteroatoms. The molecule has 0 bridgehead atoms. The Morgan fingerprint density at radius 2 is 2.17 bits per heavy atom. The Labute approximate surface area is 69.6 Å². The van der Waals surface area contributed by atoms with Crippen molar-refractivity contribution >= 4 is 5.97 Å². The number of hydrogen-bond acceptors (Lipinski definition) is 2. The van der Waals surface area contributed by atoms with E-state index < -0.39 is 5.97 Å². The maximum absolute atomic E-state index is 10.5. The molecule has 2 atom stereocenters. The van der Waals surface area contributed by atoms with Crippen molar-refractivity contribution in [3.63, 3.8) is 0 Å². The van der Waals surface area contributed by atoms with Gasteiger partial charge in [-0.3, -0.25) is 0 Å². The molecule has 0 fully saturated rings. The van der Waals surface area contributed by atoms with Crippen LogP contribution in [-0.4, -0.2) is 17.2 Å². The van der Waals surface area contributed by atoms with Crippen LogP contribution in [0.1, 0.15) is 0 Å². The third kappa shape index (κ3) is 1.03. The van der Waals surface area contributed by atoms with E-state index in [4.69, 9.17) is 9.84 Å². The Bertz CT molecular complexity index is 299. The summed E-state index contributed by atoms with van der Waals surface area (Å²) in [5.41, 5.74) is 0. The average molecular weight is 164 g/mol. The molecule has 0 aromatic carbocycles. The topological polar surface area (TPSA) is 46.5 Å². The molecule has 0 aromatic rings. The van der Waals surface area contributed by atoms with Crippen LogP contribution in [0.25, 0.3) is 0 Å². The molecule has 1 aliphatic heterocycles. The first-order valence-corrected chi connectivity index (χ1v) is 3.74. The van der Waals surface area contributed by atoms with Gasteiger partial charge < -0.3 is 9.84 Å². The second kappa shape index (κ2) is 2.52. The van der Waals surface area contributed by atoms with Gasteiger partial charge in [0.25, 0.3) is 0 Å². The van der Waals surface area contributed by atoms with Crippen molar-refractivity contribution in [2.24, 2.45) is 5.92 Å². The molecule has 2 aliphatic rings. The van der Waals surface area contributed by atoms with Gasteiger partial charge in [0.1, 0.15) is 6.10 Å². The van der Waals surface area contributed by atoms with E-state index in [1.807, 2.05) is 24.3 Å². The largest absolute Gasteiger partial charge is 0.478 e. The summed E-state index contributed by atoms with van der Waals surface area (Å²) < 4.78 is 5.15. The van der Waals surface area contributed by atoms with E-state index in [2.05, 4.69) is 0 Å². The quantitative estimate of drug-likeness (QED) is 0.631. The summed E-state index contributed by atoms with van der Waals surface area (Å²) in [6.45, 7) is 0. The van der Waals surface area contributed by atoms with Gasteiger partial charge in [0.05, 0.1) is 0 Å². The van der Waals surface area contributed by atoms with Gasteiger partial charge >= 0.3 is 5.97 Å². The lowest BCUT2D eigenvalue weighted by atomic mass is 9.99. The minimum Gasteiger partial charge on any atom is -0.478 e. The van der Waals surface area contributed by atoms with Crippen LogP contribution in [-0.2, 0) is 9.53 Å². The minimum atomic E-state index is -0.994. The van der Waals surface area contributed by atoms with Crippen LogP contribution < -0.4 is 0 Å². The smallest absolute Gasteiger partial charge is 0.370 e. The molecule has 0 amide bonds. The first-order chi connectivity index (χ1) is 5.77. The maximum Gasteiger partial charge on any atom is 0.370 e. The molecule has 1 N–H and O–H groups in total. The van der Waals surface area contributed by atoms with E-state index in [1.54, 1.807) is 6.08 Å². The molecule has 2 rings (SSSR count). The fourth-order valence-electron chi connectivity index (χ4n) is 1.35. The summed E-state index contributed by atoms with van der Waals surface area (Å²) in [6, 6.07) is 0. The minimum absolute atomic E-state index is 0.0567. The summed E-state index contributed by atoms with van der Waals surface area (Å²) in [5.74, 6) is -0.839. The molecule has 1 aliphatic carbocycles. The standard InChI is InChI=1S/C9H8O3/c10-9(11)8-5-6-3-1-2-4-7(6)12-8/h1-7H,(H,10,11). The number of carboxylic acid groups (broad SMARTS) is 1. The fourth-order valence-corrected chi connectivity index (χ4v) is 1.35. The van der Waals surface area contributed by atoms with Crippen LogP contribution in [0, 0.1) is 5.92 Å². The highest BCUT2D eigenvalue weighted by molar-refractivity contribution is 5.85. The SMILES string of the molecule is O=C(O)C1=CC2C=CC=CC2O1. The van der Waals surface area contributed by atoms with Crippen molar-refractivity contribution in [2.45, 2.75) is 6.10 Å². The lowest BCUT2D eigenvalue weighted by Crippen LogP contribution is -2.14. The molecule has 1 heterocycles. The molecule has 62 valence electrons. The van der Waals surface area contributed by atoms with E-state index in [0.717, 1.165) is 0 Å². The van der Waals surface area contributed by atoms with Crippen molar-refractivity contribution in [2.75, 3.05) is 0 Å². The molecule has 0 saturated carbocycles. The van der Waals surface area contributed by atoms with Gasteiger partial charge in [0.15, 0.2) is 0 Å². The van der Waals surface area contributed by atoms with Crippen LogP contribution >= 0.6 is 0 Å². The van der Waals surface area contributed by atoms with E-state index in [-0.39, 0.29) is 17.8 Å². The molecule has 12 heavy (non-hydrogen) atoms. The van der Waals surface area contributed by atoms with Crippen molar-refractivity contribution in [1.82, 2.24) is 0 Å². The first-order valence-electron chi connectivity index (χ1n) is 3.74. The van der Waals surface area contributed by atoms with Gasteiger partial charge in [0.2, 0.25) is 5.76 Å². The van der Waals surface area contributed by atoms with Gasteiger partial charge in [-0.05, 0) is 12.2 Å². The Morgan fingerprint density at radius 1 is 1.42 bits per heavy atom. The zero-order chi connectivity index (χ0) is 8.55. The second-order valence-corrected chi connectivity index (χ2v) is 2.77. The fraction of sp³-hybridized carbons (Fsp3) is 0.222. The third-order valence-electron chi connectivity index (χ3n) is 1.94. The van der Waals surface area contributed by atoms with E-state index in [0.29, 0.717) is 0 Å². The van der Waals surface area contributed by atoms with Crippen molar-refractivity contribution in [3.05, 3.63) is 36.1 Å². The van der Waals surface area contributed by atoms with Gasteiger partial charge in [-0.25, -0.2) is 4.79 Å². The maximum atomic E-state index is 10.5. The van der Waals surface area contributed by atoms with E-state index in [9.17, 15) is 4.79 Å². The number of rotatable bonds is 1. The predicted molar refractivity (Wildman–Crippen MR) is 42.4 cm³/mol. The normalized spacial score (nSPS) is 30.8. The summed E-state index contributed by atoms with van der Waals surface area (Å²) in [7, 11) is 0. The molecule has 0 spiro atoms. The molecular formula is C9H8O3. The molecule has 0 saturated heterocycles. The third-order valence-corrected chi connectivity index (χ3v) is 1.94. The summed E-state index contributed by atoms with van der Waals surface area (Å²) >= 11 is 0. The number of aliphatic carboxylic acids is 1. The van der Waals surface area contributed by atoms with Crippen molar-refractivity contribution in [3.8, 4) is 0 Å². The number of hydrogen-bond donors (Lipinski definition) is 1. The van der Waals surface area contributed by atoms with E-state index in [1.165, 1.54) is 0 Å². The van der Waals surface area contributed by atoms with Crippen molar-refractivity contribution in [1.29, 1.82) is 0 Å². The number of ether oxygens (including phenoxy) is 1.